The molecule has 0 radical (unpaired) electrons. The van der Waals surface area contributed by atoms with Crippen LogP contribution in [0.15, 0.2) is 0 Å². The predicted molar refractivity (Wildman–Crippen MR) is 78.1 cm³/mol. The average molecular weight is 267 g/mol. The fourth-order valence-electron chi connectivity index (χ4n) is 3.28. The number of nitrogens with one attached hydrogen (secondary N) is 1. The van der Waals surface area contributed by atoms with Crippen LogP contribution in [0.25, 0.3) is 0 Å². The van der Waals surface area contributed by atoms with Gasteiger partial charge in [-0.05, 0) is 46.1 Å². The number of amides is 1. The molecule has 0 bridgehead atoms. The molecule has 0 saturated carbocycles. The van der Waals surface area contributed by atoms with Crippen molar-refractivity contribution < 1.29 is 4.79 Å². The maximum Gasteiger partial charge on any atom is 0.239 e. The summed E-state index contributed by atoms with van der Waals surface area (Å²) >= 11 is 0. The molecule has 0 aliphatic carbocycles. The summed E-state index contributed by atoms with van der Waals surface area (Å²) < 4.78 is 0. The summed E-state index contributed by atoms with van der Waals surface area (Å²) in [6, 6.07) is 1.13. The largest absolute Gasteiger partial charge is 0.341 e. The van der Waals surface area contributed by atoms with Gasteiger partial charge in [0.05, 0.1) is 6.04 Å². The van der Waals surface area contributed by atoms with E-state index in [9.17, 15) is 4.79 Å². The standard InChI is InChI=1S/C15H29N3O/c1-12(2)18-10-7-13(8-11-18)17(3)15(19)14-6-4-5-9-16-14/h12-14,16H,4-11H2,1-3H3. The molecular weight excluding hydrogens is 238 g/mol. The van der Waals surface area contributed by atoms with Gasteiger partial charge < -0.3 is 15.1 Å². The first-order valence-corrected chi connectivity index (χ1v) is 7.83. The number of hydrogen-bond donors (Lipinski definition) is 1. The van der Waals surface area contributed by atoms with E-state index >= 15 is 0 Å². The van der Waals surface area contributed by atoms with Crippen molar-refractivity contribution in [3.63, 3.8) is 0 Å². The Hall–Kier alpha value is -0.610. The summed E-state index contributed by atoms with van der Waals surface area (Å²) in [7, 11) is 1.99. The molecule has 2 heterocycles. The average Bonchev–Trinajstić information content (AvgIpc) is 2.46. The minimum absolute atomic E-state index is 0.0712. The summed E-state index contributed by atoms with van der Waals surface area (Å²) in [5.41, 5.74) is 0. The molecular formula is C15H29N3O. The first-order chi connectivity index (χ1) is 9.09. The minimum atomic E-state index is 0.0712. The van der Waals surface area contributed by atoms with Crippen molar-refractivity contribution in [2.24, 2.45) is 0 Å². The van der Waals surface area contributed by atoms with Crippen molar-refractivity contribution >= 4 is 5.91 Å². The van der Waals surface area contributed by atoms with Gasteiger partial charge in [0.25, 0.3) is 0 Å². The van der Waals surface area contributed by atoms with Crippen LogP contribution in [-0.2, 0) is 4.79 Å². The van der Waals surface area contributed by atoms with E-state index in [2.05, 4.69) is 24.1 Å². The second-order valence-electron chi connectivity index (χ2n) is 6.31. The Balaban J connectivity index is 1.83. The number of likely N-dealkylation sites (N-methyl/N-ethyl adjacent to an activating group) is 1. The number of carbonyl (C=O) groups is 1. The molecule has 1 atom stereocenters. The van der Waals surface area contributed by atoms with Gasteiger partial charge in [-0.2, -0.15) is 0 Å². The molecule has 0 spiro atoms. The van der Waals surface area contributed by atoms with E-state index < -0.39 is 0 Å². The third-order valence-corrected chi connectivity index (χ3v) is 4.73. The fourth-order valence-corrected chi connectivity index (χ4v) is 3.28. The van der Waals surface area contributed by atoms with Gasteiger partial charge in [-0.1, -0.05) is 6.42 Å². The topological polar surface area (TPSA) is 35.6 Å². The van der Waals surface area contributed by atoms with Gasteiger partial charge in [0.2, 0.25) is 5.91 Å². The van der Waals surface area contributed by atoms with Crippen LogP contribution in [0.2, 0.25) is 0 Å². The quantitative estimate of drug-likeness (QED) is 0.841. The number of carbonyl (C=O) groups excluding carboxylic acids is 1. The Morgan fingerprint density at radius 3 is 2.42 bits per heavy atom. The Bertz CT molecular complexity index is 292. The number of hydrogen-bond acceptors (Lipinski definition) is 3. The van der Waals surface area contributed by atoms with Crippen LogP contribution in [0.5, 0.6) is 0 Å². The van der Waals surface area contributed by atoms with Gasteiger partial charge in [-0.3, -0.25) is 4.79 Å². The second-order valence-corrected chi connectivity index (χ2v) is 6.31. The van der Waals surface area contributed by atoms with Gasteiger partial charge in [-0.15, -0.1) is 0 Å². The maximum atomic E-state index is 12.5. The van der Waals surface area contributed by atoms with E-state index in [0.29, 0.717) is 18.0 Å². The highest BCUT2D eigenvalue weighted by molar-refractivity contribution is 5.82. The predicted octanol–water partition coefficient (Wildman–Crippen LogP) is 1.46. The molecule has 2 fully saturated rings. The summed E-state index contributed by atoms with van der Waals surface area (Å²) in [6.07, 6.45) is 5.64. The van der Waals surface area contributed by atoms with Crippen molar-refractivity contribution in [2.45, 2.75) is 64.1 Å². The van der Waals surface area contributed by atoms with Crippen LogP contribution in [0.4, 0.5) is 0 Å². The molecule has 4 heteroatoms. The minimum Gasteiger partial charge on any atom is -0.341 e. The molecule has 2 aliphatic heterocycles. The van der Waals surface area contributed by atoms with Crippen LogP contribution < -0.4 is 5.32 Å². The van der Waals surface area contributed by atoms with Gasteiger partial charge >= 0.3 is 0 Å². The monoisotopic (exact) mass is 267 g/mol. The Labute approximate surface area is 117 Å². The van der Waals surface area contributed by atoms with E-state index in [0.717, 1.165) is 38.9 Å². The highest BCUT2D eigenvalue weighted by Gasteiger charge is 2.30. The van der Waals surface area contributed by atoms with Crippen LogP contribution in [0.1, 0.15) is 46.0 Å². The molecule has 1 unspecified atom stereocenters. The lowest BCUT2D eigenvalue weighted by Gasteiger charge is -2.40. The molecule has 1 amide bonds. The first-order valence-electron chi connectivity index (χ1n) is 7.83. The summed E-state index contributed by atoms with van der Waals surface area (Å²) in [4.78, 5) is 17.0. The molecule has 0 aromatic heterocycles. The smallest absolute Gasteiger partial charge is 0.239 e. The lowest BCUT2D eigenvalue weighted by Crippen LogP contribution is -2.53. The molecule has 0 aromatic rings. The van der Waals surface area contributed by atoms with Crippen molar-refractivity contribution in [3.05, 3.63) is 0 Å². The zero-order valence-electron chi connectivity index (χ0n) is 12.7. The summed E-state index contributed by atoms with van der Waals surface area (Å²) in [5.74, 6) is 0.308. The maximum absolute atomic E-state index is 12.5. The Morgan fingerprint density at radius 1 is 1.21 bits per heavy atom. The molecule has 2 aliphatic rings. The van der Waals surface area contributed by atoms with Gasteiger partial charge in [0.15, 0.2) is 0 Å². The Kier molecular flexibility index (Phi) is 5.22. The van der Waals surface area contributed by atoms with Crippen LogP contribution in [0, 0.1) is 0 Å². The van der Waals surface area contributed by atoms with Crippen LogP contribution in [0.3, 0.4) is 0 Å². The third-order valence-electron chi connectivity index (χ3n) is 4.73. The van der Waals surface area contributed by atoms with Crippen molar-refractivity contribution in [1.82, 2.24) is 15.1 Å². The van der Waals surface area contributed by atoms with E-state index in [1.807, 2.05) is 11.9 Å². The Morgan fingerprint density at radius 2 is 1.89 bits per heavy atom. The van der Waals surface area contributed by atoms with Crippen molar-refractivity contribution in [3.8, 4) is 0 Å². The second kappa shape index (κ2) is 6.71. The first kappa shape index (κ1) is 14.8. The van der Waals surface area contributed by atoms with Gasteiger partial charge in [0, 0.05) is 32.2 Å². The van der Waals surface area contributed by atoms with Gasteiger partial charge in [-0.25, -0.2) is 0 Å². The molecule has 1 N–H and O–H groups in total. The van der Waals surface area contributed by atoms with Crippen molar-refractivity contribution in [1.29, 1.82) is 0 Å². The normalized spacial score (nSPS) is 26.6. The molecule has 19 heavy (non-hydrogen) atoms. The van der Waals surface area contributed by atoms with Crippen molar-refractivity contribution in [2.75, 3.05) is 26.7 Å². The molecule has 2 saturated heterocycles. The van der Waals surface area contributed by atoms with Crippen LogP contribution >= 0.6 is 0 Å². The summed E-state index contributed by atoms with van der Waals surface area (Å²) in [5, 5.41) is 3.36. The number of nitrogens with zero attached hydrogens (tertiary/aromatic N) is 2. The van der Waals surface area contributed by atoms with Gasteiger partial charge in [0.1, 0.15) is 0 Å². The third kappa shape index (κ3) is 3.69. The van der Waals surface area contributed by atoms with Crippen LogP contribution in [-0.4, -0.2) is 60.5 Å². The number of likely N-dealkylation sites (tertiary alicyclic amines) is 1. The van der Waals surface area contributed by atoms with E-state index in [1.54, 1.807) is 0 Å². The molecule has 4 nitrogen and oxygen atoms in total. The number of rotatable bonds is 3. The molecule has 110 valence electrons. The SMILES string of the molecule is CC(C)N1CCC(N(C)C(=O)C2CCCCN2)CC1. The zero-order valence-corrected chi connectivity index (χ0v) is 12.7. The zero-order chi connectivity index (χ0) is 13.8. The molecule has 0 aromatic carbocycles. The molecule has 2 rings (SSSR count). The summed E-state index contributed by atoms with van der Waals surface area (Å²) in [6.45, 7) is 7.74. The lowest BCUT2D eigenvalue weighted by molar-refractivity contribution is -0.135. The highest BCUT2D eigenvalue weighted by atomic mass is 16.2. The van der Waals surface area contributed by atoms with E-state index in [4.69, 9.17) is 0 Å². The fraction of sp³-hybridized carbons (Fsp3) is 0.933. The van der Waals surface area contributed by atoms with E-state index in [1.165, 1.54) is 12.8 Å². The van der Waals surface area contributed by atoms with E-state index in [-0.39, 0.29) is 6.04 Å². The highest BCUT2D eigenvalue weighted by Crippen LogP contribution is 2.19. The lowest BCUT2D eigenvalue weighted by atomic mass is 9.99. The number of piperidine rings is 2.